The van der Waals surface area contributed by atoms with Crippen LogP contribution in [-0.2, 0) is 22.7 Å². The van der Waals surface area contributed by atoms with Gasteiger partial charge in [-0.15, -0.1) is 0 Å². The van der Waals surface area contributed by atoms with E-state index in [1.165, 1.54) is 32.0 Å². The van der Waals surface area contributed by atoms with E-state index in [-0.39, 0.29) is 23.8 Å². The van der Waals surface area contributed by atoms with Crippen LogP contribution in [0.4, 0.5) is 5.69 Å². The van der Waals surface area contributed by atoms with E-state index in [2.05, 4.69) is 10.3 Å². The Morgan fingerprint density at radius 1 is 1.12 bits per heavy atom. The maximum atomic E-state index is 12.8. The maximum absolute atomic E-state index is 12.8. The molecule has 33 heavy (non-hydrogen) atoms. The number of nitrogens with one attached hydrogen (secondary N) is 1. The molecule has 0 bridgehead atoms. The Bertz CT molecular complexity index is 1220. The summed E-state index contributed by atoms with van der Waals surface area (Å²) in [6.07, 6.45) is 2.19. The number of nitrogens with zero attached hydrogens (tertiary/aromatic N) is 3. The summed E-state index contributed by atoms with van der Waals surface area (Å²) < 4.78 is 12.0. The molecule has 0 radical (unpaired) electrons. The molecule has 0 fully saturated rings. The maximum Gasteiger partial charge on any atom is 0.261 e. The first-order valence-corrected chi connectivity index (χ1v) is 10.5. The van der Waals surface area contributed by atoms with Crippen LogP contribution in [0.5, 0.6) is 11.5 Å². The highest BCUT2D eigenvalue weighted by molar-refractivity contribution is 5.90. The molecular weight excluding hydrogens is 424 g/mol. The molecule has 9 nitrogen and oxygen atoms in total. The van der Waals surface area contributed by atoms with Gasteiger partial charge in [-0.2, -0.15) is 0 Å². The predicted octanol–water partition coefficient (Wildman–Crippen LogP) is 2.81. The summed E-state index contributed by atoms with van der Waals surface area (Å²) in [5, 5.41) is 3.29. The summed E-state index contributed by atoms with van der Waals surface area (Å²) in [5.41, 5.74) is 1.90. The van der Waals surface area contributed by atoms with Crippen LogP contribution < -0.4 is 20.3 Å². The van der Waals surface area contributed by atoms with Crippen molar-refractivity contribution in [3.63, 3.8) is 0 Å². The Kier molecular flexibility index (Phi) is 7.66. The molecule has 3 aromatic rings. The fourth-order valence-corrected chi connectivity index (χ4v) is 3.41. The molecule has 0 saturated heterocycles. The Morgan fingerprint density at radius 3 is 2.55 bits per heavy atom. The van der Waals surface area contributed by atoms with Crippen LogP contribution in [0.2, 0.25) is 0 Å². The van der Waals surface area contributed by atoms with Crippen LogP contribution in [0.3, 0.4) is 0 Å². The number of aryl methyl sites for hydroxylation is 1. The molecule has 2 amide bonds. The van der Waals surface area contributed by atoms with Crippen LogP contribution in [0.1, 0.15) is 25.3 Å². The van der Waals surface area contributed by atoms with E-state index in [0.717, 1.165) is 5.56 Å². The second-order valence-electron chi connectivity index (χ2n) is 7.69. The van der Waals surface area contributed by atoms with Gasteiger partial charge >= 0.3 is 0 Å². The Hall–Kier alpha value is -3.88. The number of carbonyl (C=O) groups is 2. The van der Waals surface area contributed by atoms with Gasteiger partial charge in [0.15, 0.2) is 11.5 Å². The number of benzene rings is 2. The molecule has 0 unspecified atom stereocenters. The van der Waals surface area contributed by atoms with Crippen molar-refractivity contribution >= 4 is 28.4 Å². The summed E-state index contributed by atoms with van der Waals surface area (Å²) in [7, 11) is 4.76. The van der Waals surface area contributed by atoms with Crippen molar-refractivity contribution in [3.8, 4) is 11.5 Å². The van der Waals surface area contributed by atoms with Gasteiger partial charge in [0, 0.05) is 45.2 Å². The van der Waals surface area contributed by atoms with E-state index in [0.29, 0.717) is 47.6 Å². The van der Waals surface area contributed by atoms with Gasteiger partial charge < -0.3 is 19.7 Å². The zero-order chi connectivity index (χ0) is 24.0. The van der Waals surface area contributed by atoms with Crippen molar-refractivity contribution in [2.75, 3.05) is 26.6 Å². The van der Waals surface area contributed by atoms with Gasteiger partial charge in [-0.05, 0) is 30.2 Å². The predicted molar refractivity (Wildman–Crippen MR) is 126 cm³/mol. The van der Waals surface area contributed by atoms with E-state index >= 15 is 0 Å². The lowest BCUT2D eigenvalue weighted by Gasteiger charge is -2.15. The average Bonchev–Trinajstić information content (AvgIpc) is 2.80. The minimum absolute atomic E-state index is 0.0274. The minimum Gasteiger partial charge on any atom is -0.493 e. The molecular formula is C24H28N4O5. The molecule has 0 aliphatic rings. The fourth-order valence-electron chi connectivity index (χ4n) is 3.41. The van der Waals surface area contributed by atoms with E-state index in [1.54, 1.807) is 30.1 Å². The third-order valence-corrected chi connectivity index (χ3v) is 5.30. The van der Waals surface area contributed by atoms with Crippen molar-refractivity contribution in [2.24, 2.45) is 0 Å². The standard InChI is InChI=1S/C24H28N4O5/c1-16(29)27(2)14-17-7-5-8-18(11-17)26-23(30)9-6-10-28-15-25-20-13-22(33-4)21(32-3)12-19(20)24(28)31/h5,7-8,11-13,15H,6,9-10,14H2,1-4H3,(H,26,30). The number of fused-ring (bicyclic) bond motifs is 1. The van der Waals surface area contributed by atoms with Gasteiger partial charge in [-0.25, -0.2) is 4.98 Å². The minimum atomic E-state index is -0.205. The summed E-state index contributed by atoms with van der Waals surface area (Å²) in [5.74, 6) is 0.779. The summed E-state index contributed by atoms with van der Waals surface area (Å²) in [6.45, 7) is 2.33. The van der Waals surface area contributed by atoms with Crippen molar-refractivity contribution in [1.29, 1.82) is 0 Å². The third-order valence-electron chi connectivity index (χ3n) is 5.30. The molecule has 0 aliphatic carbocycles. The number of ether oxygens (including phenoxy) is 2. The Balaban J connectivity index is 1.61. The number of hydrogen-bond donors (Lipinski definition) is 1. The van der Waals surface area contributed by atoms with E-state index < -0.39 is 0 Å². The quantitative estimate of drug-likeness (QED) is 0.536. The summed E-state index contributed by atoms with van der Waals surface area (Å²) in [6, 6.07) is 10.7. The lowest BCUT2D eigenvalue weighted by Crippen LogP contribution is -2.23. The first-order valence-electron chi connectivity index (χ1n) is 10.5. The lowest BCUT2D eigenvalue weighted by molar-refractivity contribution is -0.128. The number of aromatic nitrogens is 2. The number of amides is 2. The van der Waals surface area contributed by atoms with Crippen molar-refractivity contribution in [1.82, 2.24) is 14.5 Å². The summed E-state index contributed by atoms with van der Waals surface area (Å²) >= 11 is 0. The zero-order valence-electron chi connectivity index (χ0n) is 19.3. The zero-order valence-corrected chi connectivity index (χ0v) is 19.3. The normalized spacial score (nSPS) is 10.7. The molecule has 0 aliphatic heterocycles. The second-order valence-corrected chi connectivity index (χ2v) is 7.69. The average molecular weight is 453 g/mol. The van der Waals surface area contributed by atoms with Gasteiger partial charge in [0.1, 0.15) is 0 Å². The van der Waals surface area contributed by atoms with Crippen LogP contribution in [0.25, 0.3) is 10.9 Å². The number of anilines is 1. The molecule has 2 aromatic carbocycles. The van der Waals surface area contributed by atoms with Crippen molar-refractivity contribution < 1.29 is 19.1 Å². The van der Waals surface area contributed by atoms with E-state index in [1.807, 2.05) is 18.2 Å². The van der Waals surface area contributed by atoms with Crippen LogP contribution in [-0.4, -0.2) is 47.5 Å². The Labute approximate surface area is 191 Å². The van der Waals surface area contributed by atoms with E-state index in [9.17, 15) is 14.4 Å². The molecule has 0 saturated carbocycles. The van der Waals surface area contributed by atoms with Gasteiger partial charge in [0.2, 0.25) is 11.8 Å². The highest BCUT2D eigenvalue weighted by atomic mass is 16.5. The molecule has 174 valence electrons. The highest BCUT2D eigenvalue weighted by Crippen LogP contribution is 2.29. The van der Waals surface area contributed by atoms with Gasteiger partial charge in [-0.1, -0.05) is 12.1 Å². The number of methoxy groups -OCH3 is 2. The number of carbonyl (C=O) groups excluding carboxylic acids is 2. The monoisotopic (exact) mass is 452 g/mol. The third kappa shape index (κ3) is 5.88. The van der Waals surface area contributed by atoms with Crippen LogP contribution in [0, 0.1) is 0 Å². The lowest BCUT2D eigenvalue weighted by atomic mass is 10.2. The summed E-state index contributed by atoms with van der Waals surface area (Å²) in [4.78, 5) is 42.6. The largest absolute Gasteiger partial charge is 0.493 e. The van der Waals surface area contributed by atoms with Crippen LogP contribution in [0.15, 0.2) is 47.5 Å². The van der Waals surface area contributed by atoms with Gasteiger partial charge in [0.25, 0.3) is 5.56 Å². The number of rotatable bonds is 9. The van der Waals surface area contributed by atoms with Gasteiger partial charge in [-0.3, -0.25) is 19.0 Å². The molecule has 0 atom stereocenters. The molecule has 1 aromatic heterocycles. The first kappa shape index (κ1) is 23.8. The molecule has 3 rings (SSSR count). The second kappa shape index (κ2) is 10.6. The topological polar surface area (TPSA) is 103 Å². The first-order chi connectivity index (χ1) is 15.8. The Morgan fingerprint density at radius 2 is 1.85 bits per heavy atom. The molecule has 1 N–H and O–H groups in total. The molecule has 0 spiro atoms. The molecule has 1 heterocycles. The van der Waals surface area contributed by atoms with E-state index in [4.69, 9.17) is 9.47 Å². The highest BCUT2D eigenvalue weighted by Gasteiger charge is 2.12. The number of hydrogen-bond acceptors (Lipinski definition) is 6. The SMILES string of the molecule is COc1cc2ncn(CCCC(=O)Nc3cccc(CN(C)C(C)=O)c3)c(=O)c2cc1OC. The van der Waals surface area contributed by atoms with Gasteiger partial charge in [0.05, 0.1) is 31.4 Å². The van der Waals surface area contributed by atoms with Crippen LogP contribution >= 0.6 is 0 Å². The fraction of sp³-hybridized carbons (Fsp3) is 0.333. The smallest absolute Gasteiger partial charge is 0.261 e. The van der Waals surface area contributed by atoms with Crippen molar-refractivity contribution in [2.45, 2.75) is 32.9 Å². The molecule has 9 heteroatoms. The van der Waals surface area contributed by atoms with Crippen molar-refractivity contribution in [3.05, 3.63) is 58.6 Å².